The van der Waals surface area contributed by atoms with Gasteiger partial charge in [0.05, 0.1) is 4.92 Å². The van der Waals surface area contributed by atoms with Gasteiger partial charge in [-0.3, -0.25) is 10.1 Å². The van der Waals surface area contributed by atoms with Gasteiger partial charge in [0.25, 0.3) is 5.69 Å². The lowest BCUT2D eigenvalue weighted by Gasteiger charge is -2.07. The Morgan fingerprint density at radius 3 is 2.53 bits per heavy atom. The third-order valence-corrected chi connectivity index (χ3v) is 3.52. The third-order valence-electron chi connectivity index (χ3n) is 2.42. The molecule has 0 fully saturated rings. The summed E-state index contributed by atoms with van der Waals surface area (Å²) in [5.41, 5.74) is 0.663. The van der Waals surface area contributed by atoms with E-state index in [0.717, 1.165) is 4.47 Å². The number of nitrogens with zero attached hydrogens (tertiary/aromatic N) is 1. The van der Waals surface area contributed by atoms with E-state index in [1.165, 1.54) is 6.07 Å². The summed E-state index contributed by atoms with van der Waals surface area (Å²) in [7, 11) is 0. The van der Waals surface area contributed by atoms with Crippen LogP contribution in [0.1, 0.15) is 5.56 Å². The number of alkyl halides is 1. The molecule has 0 heterocycles. The van der Waals surface area contributed by atoms with Crippen molar-refractivity contribution in [2.75, 3.05) is 0 Å². The molecule has 0 saturated heterocycles. The summed E-state index contributed by atoms with van der Waals surface area (Å²) in [5.74, 6) is 1.24. The second kappa shape index (κ2) is 6.16. The molecule has 98 valence electrons. The van der Waals surface area contributed by atoms with Crippen LogP contribution in [-0.2, 0) is 5.33 Å². The largest absolute Gasteiger partial charge is 0.457 e. The molecule has 0 radical (unpaired) electrons. The zero-order valence-electron chi connectivity index (χ0n) is 9.68. The Kier molecular flexibility index (Phi) is 4.55. The Bertz CT molecular complexity index is 617. The molecule has 0 atom stereocenters. The highest BCUT2D eigenvalue weighted by Crippen LogP contribution is 2.29. The minimum absolute atomic E-state index is 0.0819. The van der Waals surface area contributed by atoms with Gasteiger partial charge in [-0.05, 0) is 30.3 Å². The van der Waals surface area contributed by atoms with Crippen molar-refractivity contribution < 1.29 is 9.66 Å². The topological polar surface area (TPSA) is 52.4 Å². The van der Waals surface area contributed by atoms with Crippen LogP contribution in [0.5, 0.6) is 11.5 Å². The quantitative estimate of drug-likeness (QED) is 0.420. The van der Waals surface area contributed by atoms with Crippen molar-refractivity contribution in [3.8, 4) is 11.5 Å². The summed E-state index contributed by atoms with van der Waals surface area (Å²) in [4.78, 5) is 10.4. The average molecular weight is 387 g/mol. The molecule has 0 unspecified atom stereocenters. The standard InChI is InChI=1S/C13H9Br2NO3/c14-8-9-6-12(4-5-13(9)16(17)18)19-11-3-1-2-10(15)7-11/h1-7H,8H2. The molecule has 0 saturated carbocycles. The lowest BCUT2D eigenvalue weighted by molar-refractivity contribution is -0.385. The summed E-state index contributed by atoms with van der Waals surface area (Å²) < 4.78 is 6.57. The molecule has 0 aliphatic rings. The Balaban J connectivity index is 2.29. The maximum atomic E-state index is 10.8. The van der Waals surface area contributed by atoms with Crippen LogP contribution in [0, 0.1) is 10.1 Å². The molecule has 0 aliphatic heterocycles. The minimum atomic E-state index is -0.403. The first-order valence-electron chi connectivity index (χ1n) is 5.37. The minimum Gasteiger partial charge on any atom is -0.457 e. The van der Waals surface area contributed by atoms with Crippen molar-refractivity contribution in [3.05, 3.63) is 62.6 Å². The van der Waals surface area contributed by atoms with Gasteiger partial charge in [-0.2, -0.15) is 0 Å². The molecule has 0 spiro atoms. The van der Waals surface area contributed by atoms with Crippen molar-refractivity contribution in [2.24, 2.45) is 0 Å². The van der Waals surface area contributed by atoms with Crippen LogP contribution in [0.4, 0.5) is 5.69 Å². The molecule has 2 aromatic carbocycles. The molecular formula is C13H9Br2NO3. The van der Waals surface area contributed by atoms with Crippen LogP contribution in [0.2, 0.25) is 0 Å². The van der Waals surface area contributed by atoms with Crippen LogP contribution in [0.25, 0.3) is 0 Å². The molecule has 2 aromatic rings. The number of benzene rings is 2. The van der Waals surface area contributed by atoms with Gasteiger partial charge in [-0.25, -0.2) is 0 Å². The van der Waals surface area contributed by atoms with Gasteiger partial charge >= 0.3 is 0 Å². The maximum absolute atomic E-state index is 10.8. The molecule has 0 amide bonds. The summed E-state index contributed by atoms with van der Waals surface area (Å²) in [5, 5.41) is 11.2. The molecule has 4 nitrogen and oxygen atoms in total. The predicted octanol–water partition coefficient (Wildman–Crippen LogP) is 5.04. The highest BCUT2D eigenvalue weighted by Gasteiger charge is 2.13. The Hall–Kier alpha value is -1.40. The van der Waals surface area contributed by atoms with E-state index in [-0.39, 0.29) is 5.69 Å². The van der Waals surface area contributed by atoms with Gasteiger partial charge in [-0.15, -0.1) is 0 Å². The van der Waals surface area contributed by atoms with Crippen LogP contribution < -0.4 is 4.74 Å². The highest BCUT2D eigenvalue weighted by molar-refractivity contribution is 9.10. The lowest BCUT2D eigenvalue weighted by atomic mass is 10.2. The van der Waals surface area contributed by atoms with Crippen molar-refractivity contribution in [2.45, 2.75) is 5.33 Å². The fourth-order valence-electron chi connectivity index (χ4n) is 1.58. The molecule has 0 N–H and O–H groups in total. The Morgan fingerprint density at radius 1 is 1.16 bits per heavy atom. The van der Waals surface area contributed by atoms with Gasteiger partial charge in [0, 0.05) is 21.4 Å². The first-order valence-corrected chi connectivity index (χ1v) is 7.28. The number of nitro benzene ring substituents is 1. The van der Waals surface area contributed by atoms with Crippen molar-refractivity contribution in [1.82, 2.24) is 0 Å². The molecule has 0 aliphatic carbocycles. The fourth-order valence-corrected chi connectivity index (χ4v) is 2.40. The van der Waals surface area contributed by atoms with E-state index in [4.69, 9.17) is 4.74 Å². The number of hydrogen-bond acceptors (Lipinski definition) is 3. The molecule has 0 bridgehead atoms. The number of ether oxygens (including phenoxy) is 1. The summed E-state index contributed by atoms with van der Waals surface area (Å²) in [6, 6.07) is 12.1. The number of halogens is 2. The van der Waals surface area contributed by atoms with Crippen LogP contribution in [0.15, 0.2) is 46.9 Å². The van der Waals surface area contributed by atoms with E-state index >= 15 is 0 Å². The fraction of sp³-hybridized carbons (Fsp3) is 0.0769. The highest BCUT2D eigenvalue weighted by atomic mass is 79.9. The van der Waals surface area contributed by atoms with Crippen LogP contribution >= 0.6 is 31.9 Å². The normalized spacial score (nSPS) is 10.2. The second-order valence-electron chi connectivity index (χ2n) is 3.74. The lowest BCUT2D eigenvalue weighted by Crippen LogP contribution is -1.94. The molecule has 6 heteroatoms. The molecule has 2 rings (SSSR count). The Labute approximate surface area is 126 Å². The first-order chi connectivity index (χ1) is 9.10. The zero-order valence-corrected chi connectivity index (χ0v) is 12.8. The number of rotatable bonds is 4. The summed E-state index contributed by atoms with van der Waals surface area (Å²) >= 11 is 6.60. The van der Waals surface area contributed by atoms with E-state index in [1.807, 2.05) is 24.3 Å². The molecular weight excluding hydrogens is 378 g/mol. The van der Waals surface area contributed by atoms with Crippen molar-refractivity contribution >= 4 is 37.5 Å². The molecule has 19 heavy (non-hydrogen) atoms. The average Bonchev–Trinajstić information content (AvgIpc) is 2.38. The maximum Gasteiger partial charge on any atom is 0.273 e. The van der Waals surface area contributed by atoms with Gasteiger partial charge in [-0.1, -0.05) is 37.9 Å². The number of nitro groups is 1. The molecule has 0 aromatic heterocycles. The monoisotopic (exact) mass is 385 g/mol. The van der Waals surface area contributed by atoms with Crippen LogP contribution in [0.3, 0.4) is 0 Å². The van der Waals surface area contributed by atoms with Gasteiger partial charge in [0.1, 0.15) is 11.5 Å². The van der Waals surface area contributed by atoms with E-state index < -0.39 is 4.92 Å². The zero-order chi connectivity index (χ0) is 13.8. The van der Waals surface area contributed by atoms with Crippen molar-refractivity contribution in [3.63, 3.8) is 0 Å². The predicted molar refractivity (Wildman–Crippen MR) is 79.9 cm³/mol. The smallest absolute Gasteiger partial charge is 0.273 e. The van der Waals surface area contributed by atoms with Gasteiger partial charge < -0.3 is 4.74 Å². The summed E-state index contributed by atoms with van der Waals surface area (Å²) in [6.45, 7) is 0. The van der Waals surface area contributed by atoms with E-state index in [9.17, 15) is 10.1 Å². The van der Waals surface area contributed by atoms with Gasteiger partial charge in [0.2, 0.25) is 0 Å². The SMILES string of the molecule is O=[N+]([O-])c1ccc(Oc2cccc(Br)c2)cc1CBr. The van der Waals surface area contributed by atoms with E-state index in [0.29, 0.717) is 22.4 Å². The van der Waals surface area contributed by atoms with Crippen LogP contribution in [-0.4, -0.2) is 4.92 Å². The third kappa shape index (κ3) is 3.54. The van der Waals surface area contributed by atoms with E-state index in [2.05, 4.69) is 31.9 Å². The second-order valence-corrected chi connectivity index (χ2v) is 5.22. The Morgan fingerprint density at radius 2 is 1.89 bits per heavy atom. The van der Waals surface area contributed by atoms with Gasteiger partial charge in [0.15, 0.2) is 0 Å². The van der Waals surface area contributed by atoms with Crippen molar-refractivity contribution in [1.29, 1.82) is 0 Å². The first kappa shape index (κ1) is 14.0. The van der Waals surface area contributed by atoms with E-state index in [1.54, 1.807) is 12.1 Å². The summed E-state index contributed by atoms with van der Waals surface area (Å²) in [6.07, 6.45) is 0. The number of hydrogen-bond donors (Lipinski definition) is 0.